The summed E-state index contributed by atoms with van der Waals surface area (Å²) >= 11 is 0. The molecule has 0 bridgehead atoms. The van der Waals surface area contributed by atoms with Crippen LogP contribution in [0, 0.1) is 0 Å². The molecular formula is C38H24N6O4. The molecule has 6 aromatic rings. The van der Waals surface area contributed by atoms with Crippen LogP contribution in [0.25, 0.3) is 0 Å². The summed E-state index contributed by atoms with van der Waals surface area (Å²) in [6.07, 6.45) is 0. The van der Waals surface area contributed by atoms with Gasteiger partial charge in [-0.25, -0.2) is 0 Å². The quantitative estimate of drug-likeness (QED) is 0.178. The van der Waals surface area contributed by atoms with Crippen molar-refractivity contribution in [3.63, 3.8) is 0 Å². The van der Waals surface area contributed by atoms with E-state index in [0.717, 1.165) is 5.56 Å². The fraction of sp³-hybridized carbons (Fsp3) is 0.0263. The van der Waals surface area contributed by atoms with Crippen LogP contribution in [-0.2, 0) is 6.54 Å². The molecule has 8 rings (SSSR count). The fourth-order valence-electron chi connectivity index (χ4n) is 6.08. The second kappa shape index (κ2) is 11.5. The Labute approximate surface area is 273 Å². The van der Waals surface area contributed by atoms with E-state index >= 15 is 0 Å². The Morgan fingerprint density at radius 1 is 0.396 bits per heavy atom. The van der Waals surface area contributed by atoms with E-state index in [2.05, 4.69) is 30.9 Å². The highest BCUT2D eigenvalue weighted by Crippen LogP contribution is 2.35. The van der Waals surface area contributed by atoms with Gasteiger partial charge in [0, 0.05) is 39.9 Å². The van der Waals surface area contributed by atoms with Crippen LogP contribution in [-0.4, -0.2) is 38.1 Å². The predicted molar refractivity (Wildman–Crippen MR) is 180 cm³/mol. The average Bonchev–Trinajstić information content (AvgIpc) is 3.12. The topological polar surface area (TPSA) is 143 Å². The molecule has 1 aromatic heterocycles. The van der Waals surface area contributed by atoms with Gasteiger partial charge in [0.15, 0.2) is 23.1 Å². The smallest absolute Gasteiger partial charge is 0.233 e. The van der Waals surface area contributed by atoms with Crippen LogP contribution < -0.4 is 16.0 Å². The summed E-state index contributed by atoms with van der Waals surface area (Å²) in [5.74, 6) is -0.728. The van der Waals surface area contributed by atoms with E-state index in [-0.39, 0.29) is 63.2 Å². The highest BCUT2D eigenvalue weighted by Gasteiger charge is 2.33. The first kappa shape index (κ1) is 28.6. The zero-order valence-corrected chi connectivity index (χ0v) is 25.2. The fourth-order valence-corrected chi connectivity index (χ4v) is 6.08. The number of fused-ring (bicyclic) bond motifs is 4. The molecule has 0 amide bonds. The third kappa shape index (κ3) is 4.88. The van der Waals surface area contributed by atoms with E-state index < -0.39 is 0 Å². The van der Waals surface area contributed by atoms with Crippen LogP contribution in [0.4, 0.5) is 29.2 Å². The molecular weight excluding hydrogens is 604 g/mol. The lowest BCUT2D eigenvalue weighted by atomic mass is 9.83. The average molecular weight is 629 g/mol. The molecule has 0 fully saturated rings. The second-order valence-electron chi connectivity index (χ2n) is 11.3. The molecule has 5 aromatic carbocycles. The molecule has 0 radical (unpaired) electrons. The lowest BCUT2D eigenvalue weighted by molar-refractivity contribution is 0.0979. The molecule has 3 N–H and O–H groups in total. The van der Waals surface area contributed by atoms with E-state index in [0.29, 0.717) is 40.2 Å². The standard InChI is InChI=1S/C38H24N6O4/c45-32-22-12-4-6-14-24(22)34(47)30-26(32)16-8-18-28(30)40-37-42-36(39-20-21-10-2-1-3-11-21)43-38(44-37)41-29-19-9-17-27-31(29)35(48)25-15-7-5-13-23(25)33(27)46/h1-19H,20H2,(H3,39,40,41,42,43,44). The van der Waals surface area contributed by atoms with Crippen LogP contribution in [0.15, 0.2) is 115 Å². The molecule has 10 nitrogen and oxygen atoms in total. The van der Waals surface area contributed by atoms with Crippen molar-refractivity contribution < 1.29 is 19.2 Å². The second-order valence-corrected chi connectivity index (χ2v) is 11.3. The first-order valence-corrected chi connectivity index (χ1v) is 15.2. The molecule has 2 aliphatic carbocycles. The monoisotopic (exact) mass is 628 g/mol. The number of anilines is 5. The lowest BCUT2D eigenvalue weighted by Gasteiger charge is -2.21. The minimum absolute atomic E-state index is 0.0770. The number of carbonyl (C=O) groups excluding carboxylic acids is 4. The van der Waals surface area contributed by atoms with Crippen molar-refractivity contribution in [2.75, 3.05) is 16.0 Å². The van der Waals surface area contributed by atoms with Crippen molar-refractivity contribution in [1.82, 2.24) is 15.0 Å². The van der Waals surface area contributed by atoms with Gasteiger partial charge in [-0.1, -0.05) is 103 Å². The number of ketones is 4. The Bertz CT molecular complexity index is 2200. The summed E-state index contributed by atoms with van der Waals surface area (Å²) in [7, 11) is 0. The Morgan fingerprint density at radius 3 is 1.27 bits per heavy atom. The van der Waals surface area contributed by atoms with Crippen LogP contribution >= 0.6 is 0 Å². The molecule has 0 saturated heterocycles. The largest absolute Gasteiger partial charge is 0.350 e. The maximum absolute atomic E-state index is 13.7. The van der Waals surface area contributed by atoms with E-state index in [1.807, 2.05) is 30.3 Å². The van der Waals surface area contributed by atoms with Crippen molar-refractivity contribution in [2.45, 2.75) is 6.54 Å². The summed E-state index contributed by atoms with van der Waals surface area (Å²) < 4.78 is 0. The first-order valence-electron chi connectivity index (χ1n) is 15.2. The Balaban J connectivity index is 1.18. The van der Waals surface area contributed by atoms with Gasteiger partial charge in [-0.3, -0.25) is 19.2 Å². The molecule has 0 atom stereocenters. The summed E-state index contributed by atoms with van der Waals surface area (Å²) in [6.45, 7) is 0.402. The van der Waals surface area contributed by atoms with Crippen molar-refractivity contribution >= 4 is 52.4 Å². The minimum atomic E-state index is -0.294. The van der Waals surface area contributed by atoms with E-state index in [1.54, 1.807) is 84.9 Å². The first-order chi connectivity index (χ1) is 23.5. The Morgan fingerprint density at radius 2 is 0.792 bits per heavy atom. The number of rotatable bonds is 7. The Hall–Kier alpha value is -6.81. The zero-order valence-electron chi connectivity index (χ0n) is 25.2. The highest BCUT2D eigenvalue weighted by molar-refractivity contribution is 6.31. The molecule has 2 aliphatic rings. The number of benzene rings is 5. The number of aromatic nitrogens is 3. The lowest BCUT2D eigenvalue weighted by Crippen LogP contribution is -2.22. The van der Waals surface area contributed by atoms with Gasteiger partial charge >= 0.3 is 0 Å². The molecule has 0 spiro atoms. The third-order valence-corrected chi connectivity index (χ3v) is 8.33. The number of hydrogen-bond acceptors (Lipinski definition) is 10. The van der Waals surface area contributed by atoms with Gasteiger partial charge in [-0.05, 0) is 17.7 Å². The van der Waals surface area contributed by atoms with E-state index in [4.69, 9.17) is 0 Å². The maximum Gasteiger partial charge on any atom is 0.233 e. The van der Waals surface area contributed by atoms with Crippen molar-refractivity contribution in [3.05, 3.63) is 165 Å². The third-order valence-electron chi connectivity index (χ3n) is 8.33. The SMILES string of the molecule is O=C1c2ccccc2C(=O)c2c(Nc3nc(NCc4ccccc4)nc(Nc4cccc5c4C(=O)c4ccccc4C5=O)n3)cccc21. The van der Waals surface area contributed by atoms with Gasteiger partial charge in [-0.2, -0.15) is 15.0 Å². The van der Waals surface area contributed by atoms with Crippen molar-refractivity contribution in [1.29, 1.82) is 0 Å². The molecule has 0 unspecified atom stereocenters. The predicted octanol–water partition coefficient (Wildman–Crippen LogP) is 6.52. The molecule has 0 saturated carbocycles. The minimum Gasteiger partial charge on any atom is -0.350 e. The van der Waals surface area contributed by atoms with Crippen LogP contribution in [0.5, 0.6) is 0 Å². The summed E-state index contributed by atoms with van der Waals surface area (Å²) in [5, 5.41) is 9.48. The van der Waals surface area contributed by atoms with Gasteiger partial charge in [0.25, 0.3) is 0 Å². The molecule has 10 heteroatoms. The van der Waals surface area contributed by atoms with E-state index in [9.17, 15) is 19.2 Å². The molecule has 48 heavy (non-hydrogen) atoms. The normalized spacial score (nSPS) is 12.8. The summed E-state index contributed by atoms with van der Waals surface area (Å²) in [6, 6.07) is 33.1. The maximum atomic E-state index is 13.7. The molecule has 230 valence electrons. The number of hydrogen-bond donors (Lipinski definition) is 3. The molecule has 0 aliphatic heterocycles. The van der Waals surface area contributed by atoms with E-state index in [1.165, 1.54) is 0 Å². The van der Waals surface area contributed by atoms with Gasteiger partial charge < -0.3 is 16.0 Å². The van der Waals surface area contributed by atoms with Gasteiger partial charge in [0.2, 0.25) is 17.8 Å². The number of carbonyl (C=O) groups is 4. The van der Waals surface area contributed by atoms with Crippen LogP contribution in [0.3, 0.4) is 0 Å². The highest BCUT2D eigenvalue weighted by atomic mass is 16.1. The van der Waals surface area contributed by atoms with Crippen LogP contribution in [0.2, 0.25) is 0 Å². The van der Waals surface area contributed by atoms with Crippen molar-refractivity contribution in [3.8, 4) is 0 Å². The number of nitrogens with zero attached hydrogens (tertiary/aromatic N) is 3. The zero-order chi connectivity index (χ0) is 32.8. The summed E-state index contributed by atoms with van der Waals surface area (Å²) in [4.78, 5) is 67.7. The number of nitrogens with one attached hydrogen (secondary N) is 3. The van der Waals surface area contributed by atoms with Crippen molar-refractivity contribution in [2.24, 2.45) is 0 Å². The van der Waals surface area contributed by atoms with Gasteiger partial charge in [0.05, 0.1) is 22.5 Å². The van der Waals surface area contributed by atoms with Crippen LogP contribution in [0.1, 0.15) is 69.2 Å². The summed E-state index contributed by atoms with van der Waals surface area (Å²) in [5.41, 5.74) is 4.02. The van der Waals surface area contributed by atoms with Gasteiger partial charge in [-0.15, -0.1) is 0 Å². The molecule has 1 heterocycles. The Kier molecular flexibility index (Phi) is 6.88. The van der Waals surface area contributed by atoms with Gasteiger partial charge in [0.1, 0.15) is 0 Å².